The number of rotatable bonds is 5. The van der Waals surface area contributed by atoms with E-state index in [1.807, 2.05) is 24.3 Å². The number of benzene rings is 2. The molecule has 4 aromatic rings. The van der Waals surface area contributed by atoms with Crippen LogP contribution in [0, 0.1) is 0 Å². The van der Waals surface area contributed by atoms with Crippen LogP contribution >= 0.6 is 0 Å². The van der Waals surface area contributed by atoms with Crippen molar-refractivity contribution >= 4 is 22.6 Å². The molecular weight excluding hydrogens is 378 g/mol. The Bertz CT molecular complexity index is 1250. The van der Waals surface area contributed by atoms with Crippen LogP contribution in [0.5, 0.6) is 0 Å². The van der Waals surface area contributed by atoms with Gasteiger partial charge >= 0.3 is 0 Å². The normalized spacial score (nSPS) is 13.5. The first-order chi connectivity index (χ1) is 14.6. The maximum Gasteiger partial charge on any atom is 0.250 e. The van der Waals surface area contributed by atoms with Crippen LogP contribution in [0.2, 0.25) is 0 Å². The van der Waals surface area contributed by atoms with Gasteiger partial charge in [-0.2, -0.15) is 5.10 Å². The van der Waals surface area contributed by atoms with Gasteiger partial charge in [-0.05, 0) is 18.7 Å². The van der Waals surface area contributed by atoms with E-state index in [1.165, 1.54) is 5.56 Å². The number of anilines is 1. The van der Waals surface area contributed by atoms with Crippen molar-refractivity contribution in [3.63, 3.8) is 0 Å². The first-order valence-electron chi connectivity index (χ1n) is 9.73. The van der Waals surface area contributed by atoms with Crippen molar-refractivity contribution in [1.82, 2.24) is 25.1 Å². The van der Waals surface area contributed by atoms with Crippen molar-refractivity contribution in [3.8, 4) is 11.5 Å². The van der Waals surface area contributed by atoms with Gasteiger partial charge in [0.1, 0.15) is 17.0 Å². The number of aromatic nitrogens is 4. The molecule has 1 amide bonds. The molecule has 3 heterocycles. The molecule has 1 aliphatic heterocycles. The fourth-order valence-electron chi connectivity index (χ4n) is 3.86. The number of hydrogen-bond acceptors (Lipinski definition) is 6. The Morgan fingerprint density at radius 1 is 1.13 bits per heavy atom. The maximum atomic E-state index is 11.7. The lowest BCUT2D eigenvalue weighted by atomic mass is 10.1. The predicted molar refractivity (Wildman–Crippen MR) is 115 cm³/mol. The second-order valence-electron chi connectivity index (χ2n) is 7.50. The van der Waals surface area contributed by atoms with Gasteiger partial charge in [0.25, 0.3) is 5.91 Å². The Hall–Kier alpha value is -3.78. The van der Waals surface area contributed by atoms with Crippen molar-refractivity contribution in [1.29, 1.82) is 0 Å². The molecule has 30 heavy (non-hydrogen) atoms. The zero-order chi connectivity index (χ0) is 20.7. The number of nitrogens with two attached hydrogens (primary N) is 1. The van der Waals surface area contributed by atoms with E-state index in [2.05, 4.69) is 39.6 Å². The van der Waals surface area contributed by atoms with Crippen LogP contribution in [-0.2, 0) is 19.6 Å². The molecule has 150 valence electrons. The second kappa shape index (κ2) is 7.23. The number of H-pyrrole nitrogens is 1. The van der Waals surface area contributed by atoms with Crippen molar-refractivity contribution in [2.24, 2.45) is 5.73 Å². The van der Waals surface area contributed by atoms with E-state index in [0.29, 0.717) is 29.1 Å². The third-order valence-electron chi connectivity index (χ3n) is 5.32. The number of para-hydroxylation sites is 1. The van der Waals surface area contributed by atoms with Crippen LogP contribution in [0.25, 0.3) is 22.4 Å². The Balaban J connectivity index is 1.58. The fraction of sp³-hybridized carbons (Fsp3) is 0.182. The summed E-state index contributed by atoms with van der Waals surface area (Å²) in [6.45, 7) is 2.22. The van der Waals surface area contributed by atoms with E-state index in [1.54, 1.807) is 12.1 Å². The quantitative estimate of drug-likeness (QED) is 0.476. The molecule has 2 aromatic carbocycles. The van der Waals surface area contributed by atoms with Gasteiger partial charge in [0, 0.05) is 30.6 Å². The molecule has 0 unspecified atom stereocenters. The lowest BCUT2D eigenvalue weighted by Gasteiger charge is -2.12. The summed E-state index contributed by atoms with van der Waals surface area (Å²) in [5.41, 5.74) is 10.4. The summed E-state index contributed by atoms with van der Waals surface area (Å²) in [5.74, 6) is 0.848. The van der Waals surface area contributed by atoms with Gasteiger partial charge in [-0.1, -0.05) is 42.5 Å². The number of amides is 1. The summed E-state index contributed by atoms with van der Waals surface area (Å²) in [6, 6.07) is 15.5. The predicted octanol–water partition coefficient (Wildman–Crippen LogP) is 2.68. The zero-order valence-electron chi connectivity index (χ0n) is 16.5. The lowest BCUT2D eigenvalue weighted by Crippen LogP contribution is -2.11. The van der Waals surface area contributed by atoms with Crippen LogP contribution in [0.4, 0.5) is 5.82 Å². The van der Waals surface area contributed by atoms with E-state index >= 15 is 0 Å². The number of hydrogen-bond donors (Lipinski definition) is 3. The Labute approximate surface area is 173 Å². The minimum Gasteiger partial charge on any atom is -0.366 e. The van der Waals surface area contributed by atoms with Crippen LogP contribution in [0.3, 0.4) is 0 Å². The number of nitrogens with one attached hydrogen (secondary N) is 2. The third kappa shape index (κ3) is 3.17. The standard InChI is InChI=1S/C22H21N7O/c1-29-11-16-17(12-29)25-22(26-21(16)24-10-13-6-3-2-4-7-13)19-14-8-5-9-15(20(23)30)18(14)27-28-19/h2-9H,10-12H2,1H3,(H2,23,30)(H,27,28)(H,24,25,26). The molecule has 4 N–H and O–H groups in total. The Morgan fingerprint density at radius 3 is 2.77 bits per heavy atom. The van der Waals surface area contributed by atoms with Gasteiger partial charge in [-0.25, -0.2) is 9.97 Å². The molecule has 0 bridgehead atoms. The van der Waals surface area contributed by atoms with Gasteiger partial charge in [-0.3, -0.25) is 14.8 Å². The summed E-state index contributed by atoms with van der Waals surface area (Å²) in [7, 11) is 2.06. The topological polar surface area (TPSA) is 113 Å². The summed E-state index contributed by atoms with van der Waals surface area (Å²) >= 11 is 0. The van der Waals surface area contributed by atoms with Crippen LogP contribution in [-0.4, -0.2) is 38.0 Å². The second-order valence-corrected chi connectivity index (χ2v) is 7.50. The number of fused-ring (bicyclic) bond motifs is 2. The van der Waals surface area contributed by atoms with Crippen LogP contribution in [0.1, 0.15) is 27.2 Å². The molecule has 0 fully saturated rings. The van der Waals surface area contributed by atoms with Crippen LogP contribution in [0.15, 0.2) is 48.5 Å². The molecule has 2 aromatic heterocycles. The van der Waals surface area contributed by atoms with Gasteiger partial charge in [-0.15, -0.1) is 0 Å². The van der Waals surface area contributed by atoms with E-state index < -0.39 is 5.91 Å². The molecule has 1 aliphatic rings. The summed E-state index contributed by atoms with van der Waals surface area (Å²) in [5, 5.41) is 11.6. The smallest absolute Gasteiger partial charge is 0.250 e. The Kier molecular flexibility index (Phi) is 4.40. The third-order valence-corrected chi connectivity index (χ3v) is 5.32. The SMILES string of the molecule is CN1Cc2nc(-c3[nH]nc4c(C(N)=O)cccc34)nc(NCc3ccccc3)c2C1. The molecule has 0 aliphatic carbocycles. The van der Waals surface area contributed by atoms with Crippen molar-refractivity contribution in [3.05, 3.63) is 70.9 Å². The molecule has 5 rings (SSSR count). The molecule has 0 radical (unpaired) electrons. The number of carbonyl (C=O) groups excluding carboxylic acids is 1. The van der Waals surface area contributed by atoms with E-state index in [0.717, 1.165) is 35.6 Å². The van der Waals surface area contributed by atoms with Gasteiger partial charge < -0.3 is 11.1 Å². The van der Waals surface area contributed by atoms with Gasteiger partial charge in [0.05, 0.1) is 11.3 Å². The zero-order valence-corrected chi connectivity index (χ0v) is 16.5. The van der Waals surface area contributed by atoms with Crippen molar-refractivity contribution < 1.29 is 4.79 Å². The first-order valence-corrected chi connectivity index (χ1v) is 9.73. The summed E-state index contributed by atoms with van der Waals surface area (Å²) in [4.78, 5) is 23.6. The number of primary amides is 1. The van der Waals surface area contributed by atoms with E-state index in [9.17, 15) is 4.79 Å². The minimum absolute atomic E-state index is 0.373. The highest BCUT2D eigenvalue weighted by Gasteiger charge is 2.25. The minimum atomic E-state index is -0.514. The monoisotopic (exact) mass is 399 g/mol. The molecule has 8 nitrogen and oxygen atoms in total. The molecule has 0 spiro atoms. The van der Waals surface area contributed by atoms with Crippen molar-refractivity contribution in [2.75, 3.05) is 12.4 Å². The van der Waals surface area contributed by atoms with E-state index in [-0.39, 0.29) is 0 Å². The highest BCUT2D eigenvalue weighted by atomic mass is 16.1. The largest absolute Gasteiger partial charge is 0.366 e. The lowest BCUT2D eigenvalue weighted by molar-refractivity contribution is 0.100. The number of nitrogens with zero attached hydrogens (tertiary/aromatic N) is 4. The number of aromatic amines is 1. The average molecular weight is 399 g/mol. The van der Waals surface area contributed by atoms with Crippen LogP contribution < -0.4 is 11.1 Å². The van der Waals surface area contributed by atoms with Crippen molar-refractivity contribution in [2.45, 2.75) is 19.6 Å². The average Bonchev–Trinajstić information content (AvgIpc) is 3.35. The number of carbonyl (C=O) groups is 1. The first kappa shape index (κ1) is 18.3. The molecular formula is C22H21N7O. The molecule has 0 saturated carbocycles. The van der Waals surface area contributed by atoms with Gasteiger partial charge in [0.2, 0.25) is 0 Å². The highest BCUT2D eigenvalue weighted by molar-refractivity contribution is 6.07. The molecule has 0 atom stereocenters. The van der Waals surface area contributed by atoms with Gasteiger partial charge in [0.15, 0.2) is 5.82 Å². The maximum absolute atomic E-state index is 11.7. The Morgan fingerprint density at radius 2 is 1.97 bits per heavy atom. The molecule has 0 saturated heterocycles. The fourth-order valence-corrected chi connectivity index (χ4v) is 3.86. The summed E-state index contributed by atoms with van der Waals surface area (Å²) < 4.78 is 0. The highest BCUT2D eigenvalue weighted by Crippen LogP contribution is 2.31. The summed E-state index contributed by atoms with van der Waals surface area (Å²) in [6.07, 6.45) is 0. The van der Waals surface area contributed by atoms with E-state index in [4.69, 9.17) is 15.7 Å². The molecule has 8 heteroatoms.